The van der Waals surface area contributed by atoms with E-state index in [0.717, 1.165) is 38.5 Å². The summed E-state index contributed by atoms with van der Waals surface area (Å²) in [4.78, 5) is 13.6. The van der Waals surface area contributed by atoms with Crippen molar-refractivity contribution in [3.05, 3.63) is 12.2 Å². The maximum atomic E-state index is 13.6. The van der Waals surface area contributed by atoms with Gasteiger partial charge in [-0.25, -0.2) is 0 Å². The van der Waals surface area contributed by atoms with Crippen LogP contribution in [0.25, 0.3) is 0 Å². The number of hydrogen-bond acceptors (Lipinski definition) is 2. The van der Waals surface area contributed by atoms with Gasteiger partial charge in [0.05, 0.1) is 11.5 Å². The van der Waals surface area contributed by atoms with Crippen LogP contribution >= 0.6 is 0 Å². The van der Waals surface area contributed by atoms with E-state index in [0.29, 0.717) is 35.0 Å². The molecular formula is C32H53NO2. The zero-order valence-corrected chi connectivity index (χ0v) is 24.0. The van der Waals surface area contributed by atoms with E-state index >= 15 is 0 Å². The minimum atomic E-state index is -0.228. The lowest BCUT2D eigenvalue weighted by Crippen LogP contribution is -2.70. The van der Waals surface area contributed by atoms with Gasteiger partial charge < -0.3 is 10.4 Å². The van der Waals surface area contributed by atoms with Crippen molar-refractivity contribution >= 4 is 5.91 Å². The van der Waals surface area contributed by atoms with Gasteiger partial charge in [0.1, 0.15) is 0 Å². The summed E-state index contributed by atoms with van der Waals surface area (Å²) in [7, 11) is 1.85. The molecule has 1 amide bonds. The monoisotopic (exact) mass is 483 g/mol. The molecule has 198 valence electrons. The third kappa shape index (κ3) is 2.86. The fraction of sp³-hybridized carbons (Fsp3) is 0.906. The van der Waals surface area contributed by atoms with Crippen LogP contribution in [0.1, 0.15) is 113 Å². The lowest BCUT2D eigenvalue weighted by atomic mass is 9.29. The van der Waals surface area contributed by atoms with Crippen LogP contribution in [0.2, 0.25) is 0 Å². The fourth-order valence-electron chi connectivity index (χ4n) is 12.4. The Morgan fingerprint density at radius 1 is 0.829 bits per heavy atom. The van der Waals surface area contributed by atoms with Crippen LogP contribution in [0.5, 0.6) is 0 Å². The van der Waals surface area contributed by atoms with Crippen LogP contribution in [0.4, 0.5) is 0 Å². The summed E-state index contributed by atoms with van der Waals surface area (Å²) >= 11 is 0. The number of carbonyl (C=O) groups excluding carboxylic acids is 1. The Morgan fingerprint density at radius 3 is 2.09 bits per heavy atom. The standard InChI is InChI=1S/C32H53NO2/c1-20(2)21-10-17-32(26(35)33-9)19-18-31(8)29(6)15-11-22-27(3,4)24(34)13-14-28(22,5)23(29)12-16-30(31,7)25(21)32/h21-25,34H,1,10-19H2,2-9H3,(H,33,35)/t21-,22-,23+,24-,25+,28?,29+,30+,31-,32-/m0/s1. The van der Waals surface area contributed by atoms with E-state index < -0.39 is 0 Å². The quantitative estimate of drug-likeness (QED) is 0.410. The third-order valence-electron chi connectivity index (χ3n) is 14.5. The van der Waals surface area contributed by atoms with E-state index in [1.807, 2.05) is 7.05 Å². The van der Waals surface area contributed by atoms with Crippen LogP contribution in [0.15, 0.2) is 12.2 Å². The number of aliphatic hydroxyl groups is 1. The minimum Gasteiger partial charge on any atom is -0.393 e. The van der Waals surface area contributed by atoms with Crippen molar-refractivity contribution in [3.8, 4) is 0 Å². The molecule has 3 nitrogen and oxygen atoms in total. The molecule has 35 heavy (non-hydrogen) atoms. The van der Waals surface area contributed by atoms with Crippen LogP contribution < -0.4 is 5.32 Å². The molecule has 0 aliphatic heterocycles. The molecule has 1 unspecified atom stereocenters. The molecule has 0 aromatic rings. The van der Waals surface area contributed by atoms with Gasteiger partial charge >= 0.3 is 0 Å². The molecule has 5 aliphatic rings. The van der Waals surface area contributed by atoms with Crippen LogP contribution in [-0.2, 0) is 4.79 Å². The van der Waals surface area contributed by atoms with Gasteiger partial charge in [-0.05, 0) is 122 Å². The normalized spacial score (nSPS) is 54.6. The van der Waals surface area contributed by atoms with Gasteiger partial charge in [-0.2, -0.15) is 0 Å². The Labute approximate surface area is 215 Å². The highest BCUT2D eigenvalue weighted by Crippen LogP contribution is 2.81. The van der Waals surface area contributed by atoms with Crippen LogP contribution in [0.3, 0.4) is 0 Å². The Morgan fingerprint density at radius 2 is 1.46 bits per heavy atom. The molecule has 0 heterocycles. The van der Waals surface area contributed by atoms with Crippen molar-refractivity contribution < 1.29 is 9.90 Å². The Kier molecular flexibility index (Phi) is 5.61. The minimum absolute atomic E-state index is 0.00653. The zero-order valence-electron chi connectivity index (χ0n) is 24.0. The first-order valence-corrected chi connectivity index (χ1v) is 14.7. The lowest BCUT2D eigenvalue weighted by molar-refractivity contribution is -0.275. The summed E-state index contributed by atoms with van der Waals surface area (Å²) < 4.78 is 0. The van der Waals surface area contributed by atoms with E-state index in [9.17, 15) is 9.90 Å². The molecule has 5 rings (SSSR count). The molecule has 5 fully saturated rings. The summed E-state index contributed by atoms with van der Waals surface area (Å²) in [6, 6.07) is 0. The fourth-order valence-corrected chi connectivity index (χ4v) is 12.4. The maximum Gasteiger partial charge on any atom is 0.226 e. The second-order valence-corrected chi connectivity index (χ2v) is 15.4. The largest absolute Gasteiger partial charge is 0.393 e. The second-order valence-electron chi connectivity index (χ2n) is 15.4. The summed E-state index contributed by atoms with van der Waals surface area (Å²) in [6.07, 6.45) is 11.2. The number of aliphatic hydroxyl groups excluding tert-OH is 1. The number of rotatable bonds is 2. The molecule has 0 spiro atoms. The highest BCUT2D eigenvalue weighted by atomic mass is 16.3. The van der Waals surface area contributed by atoms with Gasteiger partial charge in [-0.3, -0.25) is 4.79 Å². The molecule has 3 heteroatoms. The molecule has 10 atom stereocenters. The first-order valence-electron chi connectivity index (χ1n) is 14.7. The number of hydrogen-bond donors (Lipinski definition) is 2. The predicted molar refractivity (Wildman–Crippen MR) is 144 cm³/mol. The maximum absolute atomic E-state index is 13.6. The van der Waals surface area contributed by atoms with Crippen molar-refractivity contribution in [2.45, 2.75) is 119 Å². The first-order chi connectivity index (χ1) is 16.2. The van der Waals surface area contributed by atoms with Crippen LogP contribution in [-0.4, -0.2) is 24.2 Å². The Hall–Kier alpha value is -0.830. The third-order valence-corrected chi connectivity index (χ3v) is 14.5. The van der Waals surface area contributed by atoms with E-state index in [-0.39, 0.29) is 33.2 Å². The summed E-state index contributed by atoms with van der Waals surface area (Å²) in [6.45, 7) is 21.9. The number of allylic oxidation sites excluding steroid dienone is 1. The number of nitrogens with one attached hydrogen (secondary N) is 1. The van der Waals surface area contributed by atoms with Gasteiger partial charge in [0.25, 0.3) is 0 Å². The second kappa shape index (κ2) is 7.61. The summed E-state index contributed by atoms with van der Waals surface area (Å²) in [5.74, 6) is 2.41. The molecular weight excluding hydrogens is 430 g/mol. The Bertz CT molecular complexity index is 925. The van der Waals surface area contributed by atoms with E-state index in [2.05, 4.69) is 60.4 Å². The van der Waals surface area contributed by atoms with E-state index in [1.54, 1.807) is 0 Å². The van der Waals surface area contributed by atoms with Gasteiger partial charge in [0.2, 0.25) is 5.91 Å². The molecule has 2 N–H and O–H groups in total. The molecule has 0 saturated heterocycles. The summed E-state index contributed by atoms with van der Waals surface area (Å²) in [5, 5.41) is 14.1. The van der Waals surface area contributed by atoms with Crippen molar-refractivity contribution in [3.63, 3.8) is 0 Å². The molecule has 0 radical (unpaired) electrons. The average molecular weight is 484 g/mol. The van der Waals surface area contributed by atoms with Gasteiger partial charge in [-0.15, -0.1) is 0 Å². The molecule has 5 aliphatic carbocycles. The van der Waals surface area contributed by atoms with Crippen LogP contribution in [0, 0.1) is 56.2 Å². The lowest BCUT2D eigenvalue weighted by Gasteiger charge is -2.76. The van der Waals surface area contributed by atoms with Crippen molar-refractivity contribution in [1.29, 1.82) is 0 Å². The van der Waals surface area contributed by atoms with E-state index in [1.165, 1.54) is 31.3 Å². The highest BCUT2D eigenvalue weighted by molar-refractivity contribution is 5.83. The highest BCUT2D eigenvalue weighted by Gasteiger charge is 2.75. The van der Waals surface area contributed by atoms with Crippen molar-refractivity contribution in [1.82, 2.24) is 5.32 Å². The molecule has 0 bridgehead atoms. The zero-order chi connectivity index (χ0) is 25.8. The molecule has 0 aromatic carbocycles. The predicted octanol–water partition coefficient (Wildman–Crippen LogP) is 7.14. The first kappa shape index (κ1) is 25.8. The summed E-state index contributed by atoms with van der Waals surface area (Å²) in [5.41, 5.74) is 1.95. The van der Waals surface area contributed by atoms with Gasteiger partial charge in [0, 0.05) is 7.05 Å². The smallest absolute Gasteiger partial charge is 0.226 e. The molecule has 0 aromatic heterocycles. The molecule has 5 saturated carbocycles. The number of fused-ring (bicyclic) bond motifs is 7. The van der Waals surface area contributed by atoms with Gasteiger partial charge in [0.15, 0.2) is 0 Å². The van der Waals surface area contributed by atoms with Crippen molar-refractivity contribution in [2.75, 3.05) is 7.05 Å². The number of carbonyl (C=O) groups is 1. The Balaban J connectivity index is 1.61. The van der Waals surface area contributed by atoms with E-state index in [4.69, 9.17) is 0 Å². The topological polar surface area (TPSA) is 49.3 Å². The number of amides is 1. The van der Waals surface area contributed by atoms with Gasteiger partial charge in [-0.1, -0.05) is 53.7 Å². The average Bonchev–Trinajstić information content (AvgIpc) is 3.20. The van der Waals surface area contributed by atoms with Crippen molar-refractivity contribution in [2.24, 2.45) is 56.2 Å². The SMILES string of the molecule is C=C(C)[C@@H]1CC[C@]2(C(=O)NC)CC[C@@]3(C)[C@]4(C)CC[C@H]5C(C)(C)[C@@H](O)CCC5(C)[C@H]4CC[C@]3(C)[C@@H]12.